The molecule has 0 bridgehead atoms. The Morgan fingerprint density at radius 1 is 1.50 bits per heavy atom. The zero-order valence-electron chi connectivity index (χ0n) is 13.6. The van der Waals surface area contributed by atoms with Gasteiger partial charge in [0.1, 0.15) is 0 Å². The number of nitro benzene ring substituents is 1. The van der Waals surface area contributed by atoms with Gasteiger partial charge in [0.15, 0.2) is 5.58 Å². The van der Waals surface area contributed by atoms with Crippen LogP contribution in [0.2, 0.25) is 0 Å². The van der Waals surface area contributed by atoms with Gasteiger partial charge in [-0.15, -0.1) is 0 Å². The first-order valence-electron chi connectivity index (χ1n) is 7.58. The van der Waals surface area contributed by atoms with E-state index in [1.807, 2.05) is 6.92 Å². The molecule has 0 aliphatic heterocycles. The van der Waals surface area contributed by atoms with Crippen LogP contribution in [0.5, 0.6) is 0 Å². The fourth-order valence-corrected chi connectivity index (χ4v) is 2.35. The number of likely N-dealkylation sites (N-methyl/N-ethyl adjacent to an activating group) is 1. The smallest absolute Gasteiger partial charge is 0.407 e. The standard InChI is InChI=1S/C15H20N4O5/c1-10(9-16)17(2)14(20)4-3-7-18-12-6-5-11(19(22)23)8-13(12)24-15(18)21/h5-6,8,10H,3-4,7,9,16H2,1-2H3. The summed E-state index contributed by atoms with van der Waals surface area (Å²) in [6, 6.07) is 3.96. The Kier molecular flexibility index (Phi) is 5.35. The van der Waals surface area contributed by atoms with E-state index in [4.69, 9.17) is 10.2 Å². The number of amides is 1. The highest BCUT2D eigenvalue weighted by Gasteiger charge is 2.16. The van der Waals surface area contributed by atoms with E-state index in [1.165, 1.54) is 22.8 Å². The lowest BCUT2D eigenvalue weighted by atomic mass is 10.2. The van der Waals surface area contributed by atoms with Crippen molar-refractivity contribution >= 4 is 22.7 Å². The highest BCUT2D eigenvalue weighted by Crippen LogP contribution is 2.20. The summed E-state index contributed by atoms with van der Waals surface area (Å²) in [5, 5.41) is 10.8. The van der Waals surface area contributed by atoms with E-state index in [2.05, 4.69) is 0 Å². The third-order valence-corrected chi connectivity index (χ3v) is 4.03. The Labute approximate surface area is 137 Å². The maximum absolute atomic E-state index is 12.0. The molecule has 130 valence electrons. The Morgan fingerprint density at radius 3 is 2.83 bits per heavy atom. The number of hydrogen-bond donors (Lipinski definition) is 1. The minimum Gasteiger partial charge on any atom is -0.407 e. The first kappa shape index (κ1) is 17.7. The van der Waals surface area contributed by atoms with Crippen molar-refractivity contribution in [3.05, 3.63) is 38.9 Å². The van der Waals surface area contributed by atoms with Gasteiger partial charge in [0.05, 0.1) is 16.5 Å². The van der Waals surface area contributed by atoms with Crippen molar-refractivity contribution in [3.8, 4) is 0 Å². The number of aryl methyl sites for hydroxylation is 1. The molecule has 1 heterocycles. The second-order valence-corrected chi connectivity index (χ2v) is 5.62. The van der Waals surface area contributed by atoms with Gasteiger partial charge in [-0.25, -0.2) is 4.79 Å². The number of fused-ring (bicyclic) bond motifs is 1. The van der Waals surface area contributed by atoms with Crippen LogP contribution in [0.1, 0.15) is 19.8 Å². The molecule has 0 spiro atoms. The van der Waals surface area contributed by atoms with E-state index in [1.54, 1.807) is 11.9 Å². The first-order valence-corrected chi connectivity index (χ1v) is 7.58. The summed E-state index contributed by atoms with van der Waals surface area (Å²) in [5.74, 6) is -0.647. The van der Waals surface area contributed by atoms with Gasteiger partial charge in [-0.3, -0.25) is 19.5 Å². The van der Waals surface area contributed by atoms with Gasteiger partial charge in [-0.2, -0.15) is 0 Å². The molecule has 0 radical (unpaired) electrons. The number of nitrogens with two attached hydrogens (primary N) is 1. The lowest BCUT2D eigenvalue weighted by Crippen LogP contribution is -2.39. The number of carbonyl (C=O) groups excluding carboxylic acids is 1. The number of carbonyl (C=O) groups is 1. The zero-order chi connectivity index (χ0) is 17.9. The van der Waals surface area contributed by atoms with Crippen LogP contribution in [0.4, 0.5) is 5.69 Å². The summed E-state index contributed by atoms with van der Waals surface area (Å²) in [4.78, 5) is 35.7. The van der Waals surface area contributed by atoms with Gasteiger partial charge in [0, 0.05) is 38.7 Å². The minimum atomic E-state index is -0.596. The summed E-state index contributed by atoms with van der Waals surface area (Å²) in [6.07, 6.45) is 0.721. The third kappa shape index (κ3) is 3.62. The van der Waals surface area contributed by atoms with Gasteiger partial charge in [-0.05, 0) is 19.4 Å². The van der Waals surface area contributed by atoms with Crippen molar-refractivity contribution in [1.29, 1.82) is 0 Å². The molecule has 1 aromatic carbocycles. The van der Waals surface area contributed by atoms with Crippen LogP contribution >= 0.6 is 0 Å². The summed E-state index contributed by atoms with van der Waals surface area (Å²) >= 11 is 0. The fourth-order valence-electron chi connectivity index (χ4n) is 2.35. The molecule has 0 saturated heterocycles. The van der Waals surface area contributed by atoms with Crippen LogP contribution in [-0.4, -0.2) is 39.9 Å². The van der Waals surface area contributed by atoms with Crippen LogP contribution in [0.3, 0.4) is 0 Å². The molecular weight excluding hydrogens is 316 g/mol. The quantitative estimate of drug-likeness (QED) is 0.596. The van der Waals surface area contributed by atoms with E-state index < -0.39 is 10.7 Å². The van der Waals surface area contributed by atoms with Gasteiger partial charge < -0.3 is 15.1 Å². The highest BCUT2D eigenvalue weighted by atomic mass is 16.6. The average Bonchev–Trinajstić information content (AvgIpc) is 2.87. The highest BCUT2D eigenvalue weighted by molar-refractivity contribution is 5.77. The normalized spacial score (nSPS) is 12.3. The van der Waals surface area contributed by atoms with Gasteiger partial charge in [0.25, 0.3) is 5.69 Å². The molecule has 2 aromatic rings. The molecule has 1 amide bonds. The van der Waals surface area contributed by atoms with E-state index in [0.717, 1.165) is 0 Å². The topological polar surface area (TPSA) is 125 Å². The zero-order valence-corrected chi connectivity index (χ0v) is 13.6. The number of oxazole rings is 1. The van der Waals surface area contributed by atoms with Crippen molar-refractivity contribution in [1.82, 2.24) is 9.47 Å². The number of non-ortho nitro benzene ring substituents is 1. The molecule has 9 heteroatoms. The molecule has 0 aliphatic carbocycles. The second kappa shape index (κ2) is 7.26. The predicted octanol–water partition coefficient (Wildman–Crippen LogP) is 1.09. The van der Waals surface area contributed by atoms with Crippen LogP contribution < -0.4 is 11.5 Å². The molecule has 1 atom stereocenters. The van der Waals surface area contributed by atoms with Crippen molar-refractivity contribution in [2.45, 2.75) is 32.4 Å². The van der Waals surface area contributed by atoms with E-state index in [9.17, 15) is 19.7 Å². The Balaban J connectivity index is 2.08. The SMILES string of the molecule is CC(CN)N(C)C(=O)CCCn1c(=O)oc2cc([N+](=O)[O-])ccc21. The fraction of sp³-hybridized carbons (Fsp3) is 0.467. The summed E-state index contributed by atoms with van der Waals surface area (Å²) in [5.41, 5.74) is 6.03. The number of nitrogens with zero attached hydrogens (tertiary/aromatic N) is 3. The van der Waals surface area contributed by atoms with E-state index in [0.29, 0.717) is 25.0 Å². The molecule has 0 aliphatic rings. The van der Waals surface area contributed by atoms with Crippen molar-refractivity contribution in [2.24, 2.45) is 5.73 Å². The number of benzene rings is 1. The molecular formula is C15H20N4O5. The second-order valence-electron chi connectivity index (χ2n) is 5.62. The van der Waals surface area contributed by atoms with Crippen LogP contribution in [0.25, 0.3) is 11.1 Å². The van der Waals surface area contributed by atoms with Crippen LogP contribution in [0.15, 0.2) is 27.4 Å². The maximum atomic E-state index is 12.0. The van der Waals surface area contributed by atoms with E-state index >= 15 is 0 Å². The molecule has 2 N–H and O–H groups in total. The summed E-state index contributed by atoms with van der Waals surface area (Å²) < 4.78 is 6.42. The van der Waals surface area contributed by atoms with Gasteiger partial charge in [-0.1, -0.05) is 0 Å². The van der Waals surface area contributed by atoms with Crippen LogP contribution in [-0.2, 0) is 11.3 Å². The average molecular weight is 336 g/mol. The number of nitro groups is 1. The van der Waals surface area contributed by atoms with Crippen molar-refractivity contribution < 1.29 is 14.1 Å². The Bertz CT molecular complexity index is 810. The monoisotopic (exact) mass is 336 g/mol. The molecule has 24 heavy (non-hydrogen) atoms. The minimum absolute atomic E-state index is 0.0458. The molecule has 1 unspecified atom stereocenters. The predicted molar refractivity (Wildman–Crippen MR) is 87.6 cm³/mol. The molecule has 1 aromatic heterocycles. The molecule has 9 nitrogen and oxygen atoms in total. The summed E-state index contributed by atoms with van der Waals surface area (Å²) in [6.45, 7) is 2.53. The lowest BCUT2D eigenvalue weighted by Gasteiger charge is -2.23. The third-order valence-electron chi connectivity index (χ3n) is 4.03. The van der Waals surface area contributed by atoms with Gasteiger partial charge >= 0.3 is 5.76 Å². The number of hydrogen-bond acceptors (Lipinski definition) is 6. The lowest BCUT2D eigenvalue weighted by molar-refractivity contribution is -0.384. The number of rotatable bonds is 7. The van der Waals surface area contributed by atoms with Crippen molar-refractivity contribution in [3.63, 3.8) is 0 Å². The molecule has 0 saturated carbocycles. The summed E-state index contributed by atoms with van der Waals surface area (Å²) in [7, 11) is 1.69. The van der Waals surface area contributed by atoms with Gasteiger partial charge in [0.2, 0.25) is 5.91 Å². The van der Waals surface area contributed by atoms with Crippen molar-refractivity contribution in [2.75, 3.05) is 13.6 Å². The maximum Gasteiger partial charge on any atom is 0.419 e. The first-order chi connectivity index (χ1) is 11.3. The molecule has 0 fully saturated rings. The van der Waals surface area contributed by atoms with Crippen LogP contribution in [0, 0.1) is 10.1 Å². The molecule has 2 rings (SSSR count). The number of aromatic nitrogens is 1. The largest absolute Gasteiger partial charge is 0.419 e. The Hall–Kier alpha value is -2.68. The Morgan fingerprint density at radius 2 is 2.21 bits per heavy atom. The van der Waals surface area contributed by atoms with E-state index in [-0.39, 0.29) is 29.6 Å².